The van der Waals surface area contributed by atoms with E-state index in [-0.39, 0.29) is 13.2 Å². The third kappa shape index (κ3) is 27.9. The first-order chi connectivity index (χ1) is 23.4. The second-order valence-corrected chi connectivity index (χ2v) is 8.61. The van der Waals surface area contributed by atoms with Crippen LogP contribution in [0.3, 0.4) is 0 Å². The first kappa shape index (κ1) is 48.1. The molecule has 50 heavy (non-hydrogen) atoms. The van der Waals surface area contributed by atoms with E-state index in [2.05, 4.69) is 14.8 Å². The number of aliphatic hydroxyl groups excluding tert-OH is 2. The normalized spacial score (nSPS) is 9.80. The summed E-state index contributed by atoms with van der Waals surface area (Å²) in [5.41, 5.74) is 1.93. The van der Waals surface area contributed by atoms with Gasteiger partial charge in [-0.15, -0.1) is 20.2 Å². The quantitative estimate of drug-likeness (QED) is 0.0686. The Labute approximate surface area is 283 Å². The van der Waals surface area contributed by atoms with Crippen molar-refractivity contribution in [3.8, 4) is 11.5 Å². The summed E-state index contributed by atoms with van der Waals surface area (Å²) in [6, 6.07) is 5.83. The summed E-state index contributed by atoms with van der Waals surface area (Å²) in [5, 5.41) is 77.7. The van der Waals surface area contributed by atoms with Gasteiger partial charge in [0.1, 0.15) is 0 Å². The van der Waals surface area contributed by atoms with Crippen LogP contribution in [-0.2, 0) is 19.2 Å². The summed E-state index contributed by atoms with van der Waals surface area (Å²) >= 11 is 0. The first-order valence-corrected chi connectivity index (χ1v) is 13.5. The minimum absolute atomic E-state index is 0.104. The van der Waals surface area contributed by atoms with Crippen LogP contribution in [0.25, 0.3) is 10.9 Å². The molecule has 0 saturated heterocycles. The average molecular weight is 722 g/mol. The van der Waals surface area contributed by atoms with Crippen molar-refractivity contribution in [2.24, 2.45) is 0 Å². The van der Waals surface area contributed by atoms with Crippen molar-refractivity contribution in [3.05, 3.63) is 68.9 Å². The van der Waals surface area contributed by atoms with E-state index in [0.29, 0.717) is 48.9 Å². The molecule has 0 aliphatic heterocycles. The molecule has 0 aliphatic carbocycles. The van der Waals surface area contributed by atoms with Gasteiger partial charge in [0, 0.05) is 80.9 Å². The zero-order chi connectivity index (χ0) is 39.2. The van der Waals surface area contributed by atoms with Gasteiger partial charge in [0.05, 0.1) is 33.0 Å². The number of fused-ring (bicyclic) bond motifs is 1. The van der Waals surface area contributed by atoms with E-state index in [1.165, 1.54) is 0 Å². The lowest BCUT2D eigenvalue weighted by Gasteiger charge is -2.24. The molecule has 1 aromatic heterocycles. The molecule has 0 bridgehead atoms. The van der Waals surface area contributed by atoms with Gasteiger partial charge in [-0.3, -0.25) is 9.88 Å². The molecule has 0 atom stereocenters. The molecule has 0 radical (unpaired) electrons. The molecule has 2 aromatic rings. The fraction of sp³-hybridized carbons (Fsp3) is 0.370. The van der Waals surface area contributed by atoms with Gasteiger partial charge in [-0.1, -0.05) is 0 Å². The van der Waals surface area contributed by atoms with Crippen LogP contribution in [0.1, 0.15) is 6.42 Å². The van der Waals surface area contributed by atoms with Crippen molar-refractivity contribution in [1.29, 1.82) is 0 Å². The van der Waals surface area contributed by atoms with Gasteiger partial charge in [-0.25, -0.2) is 19.2 Å². The summed E-state index contributed by atoms with van der Waals surface area (Å²) in [6.07, 6.45) is 4.95. The van der Waals surface area contributed by atoms with E-state index < -0.39 is 34.1 Å². The highest BCUT2D eigenvalue weighted by Gasteiger charge is 2.13. The predicted octanol–water partition coefficient (Wildman–Crippen LogP) is 0.0931. The molecule has 1 aromatic carbocycles. The molecule has 2 rings (SSSR count). The number of aliphatic hydroxyl groups is 2. The van der Waals surface area contributed by atoms with Gasteiger partial charge in [0.25, 0.3) is 10.2 Å². The Morgan fingerprint density at radius 1 is 0.760 bits per heavy atom. The number of ether oxygens (including phenoxy) is 2. The SMILES string of the molecule is COc1cc2nccc(N(C)CCCN(CCO)CCO)c2cc1OC.O=C(O)C=CC(=O)O.O=C(O)C=CC(=O)O.O=[N+]([O-])O.O=[N+]([O-])O. The second-order valence-electron chi connectivity index (χ2n) is 8.61. The number of anilines is 1. The minimum atomic E-state index is -1.50. The average Bonchev–Trinajstić information content (AvgIpc) is 3.02. The summed E-state index contributed by atoms with van der Waals surface area (Å²) in [5.74, 6) is -3.68. The maximum absolute atomic E-state index is 9.55. The van der Waals surface area contributed by atoms with Gasteiger partial charge >= 0.3 is 23.9 Å². The first-order valence-electron chi connectivity index (χ1n) is 13.5. The number of nitrogens with zero attached hydrogens (tertiary/aromatic N) is 5. The number of benzene rings is 1. The van der Waals surface area contributed by atoms with Crippen LogP contribution in [0, 0.1) is 20.2 Å². The molecular formula is C27H39N5O18. The summed E-state index contributed by atoms with van der Waals surface area (Å²) in [6.45, 7) is 3.05. The minimum Gasteiger partial charge on any atom is -0.493 e. The zero-order valence-electron chi connectivity index (χ0n) is 27.0. The third-order valence-electron chi connectivity index (χ3n) is 5.17. The fourth-order valence-electron chi connectivity index (χ4n) is 3.35. The van der Waals surface area contributed by atoms with Crippen LogP contribution < -0.4 is 14.4 Å². The van der Waals surface area contributed by atoms with Crippen LogP contribution in [0.2, 0.25) is 0 Å². The van der Waals surface area contributed by atoms with Crippen molar-refractivity contribution in [2.75, 3.05) is 65.6 Å². The third-order valence-corrected chi connectivity index (χ3v) is 5.17. The van der Waals surface area contributed by atoms with Gasteiger partial charge in [-0.05, 0) is 18.6 Å². The smallest absolute Gasteiger partial charge is 0.328 e. The van der Waals surface area contributed by atoms with E-state index in [0.717, 1.165) is 36.1 Å². The van der Waals surface area contributed by atoms with Crippen LogP contribution in [0.4, 0.5) is 5.69 Å². The molecule has 8 N–H and O–H groups in total. The van der Waals surface area contributed by atoms with Crippen molar-refractivity contribution >= 4 is 40.5 Å². The fourth-order valence-corrected chi connectivity index (χ4v) is 3.35. The summed E-state index contributed by atoms with van der Waals surface area (Å²) in [4.78, 5) is 63.6. The van der Waals surface area contributed by atoms with E-state index in [9.17, 15) is 19.2 Å². The molecule has 23 nitrogen and oxygen atoms in total. The lowest BCUT2D eigenvalue weighted by molar-refractivity contribution is -0.742. The standard InChI is InChI=1S/C19H29N3O4.2C4H4O4.2HNO3/c1-21(7-4-8-22(9-11-23)10-12-24)17-5-6-20-16-14-19(26-3)18(25-2)13-15(16)17;2*5-3(6)1-2-4(7)8;2*2-1(3)4/h5-6,13-14,23-24H,4,7-12H2,1-3H3;2*1-2H,(H,5,6)(H,7,8);2*(H,2,3,4). The number of aliphatic carboxylic acids is 4. The Kier molecular flexibility index (Phi) is 27.7. The number of pyridine rings is 1. The number of rotatable bonds is 15. The number of carboxylic acids is 4. The van der Waals surface area contributed by atoms with Crippen LogP contribution in [0.15, 0.2) is 48.7 Å². The maximum Gasteiger partial charge on any atom is 0.328 e. The Bertz CT molecular complexity index is 1330. The number of carboxylic acid groups (broad SMARTS) is 4. The summed E-state index contributed by atoms with van der Waals surface area (Å²) < 4.78 is 10.8. The molecule has 1 heterocycles. The molecule has 0 fully saturated rings. The largest absolute Gasteiger partial charge is 0.493 e. The number of hydrogen-bond acceptors (Lipinski definition) is 15. The zero-order valence-corrected chi connectivity index (χ0v) is 27.0. The lowest BCUT2D eigenvalue weighted by Crippen LogP contribution is -2.32. The van der Waals surface area contributed by atoms with Gasteiger partial charge in [0.2, 0.25) is 0 Å². The molecule has 0 spiro atoms. The number of methoxy groups -OCH3 is 2. The predicted molar refractivity (Wildman–Crippen MR) is 170 cm³/mol. The highest BCUT2D eigenvalue weighted by Crippen LogP contribution is 2.35. The molecular weight excluding hydrogens is 682 g/mol. The molecule has 0 aliphatic rings. The van der Waals surface area contributed by atoms with E-state index in [4.69, 9.17) is 70.8 Å². The van der Waals surface area contributed by atoms with E-state index >= 15 is 0 Å². The van der Waals surface area contributed by atoms with Crippen LogP contribution in [0.5, 0.6) is 11.5 Å². The Balaban J connectivity index is -0.000000747. The van der Waals surface area contributed by atoms with Crippen molar-refractivity contribution in [2.45, 2.75) is 6.42 Å². The monoisotopic (exact) mass is 721 g/mol. The number of carbonyl (C=O) groups is 4. The lowest BCUT2D eigenvalue weighted by atomic mass is 10.1. The molecule has 23 heteroatoms. The molecule has 0 saturated carbocycles. The van der Waals surface area contributed by atoms with Crippen molar-refractivity contribution in [1.82, 2.24) is 9.88 Å². The molecule has 0 amide bonds. The highest BCUT2D eigenvalue weighted by atomic mass is 16.9. The topological polar surface area (TPSA) is 354 Å². The van der Waals surface area contributed by atoms with Gasteiger partial charge in [0.15, 0.2) is 11.5 Å². The van der Waals surface area contributed by atoms with E-state index in [1.54, 1.807) is 20.4 Å². The molecule has 0 unspecified atom stereocenters. The number of aromatic nitrogens is 1. The Hall–Kier alpha value is -6.33. The maximum atomic E-state index is 9.55. The Morgan fingerprint density at radius 2 is 1.14 bits per heavy atom. The summed E-state index contributed by atoms with van der Waals surface area (Å²) in [7, 11) is 5.29. The van der Waals surface area contributed by atoms with Gasteiger partial charge < -0.3 is 55.4 Å². The molecule has 280 valence electrons. The van der Waals surface area contributed by atoms with Crippen molar-refractivity contribution in [3.63, 3.8) is 0 Å². The Morgan fingerprint density at radius 3 is 1.48 bits per heavy atom. The van der Waals surface area contributed by atoms with Gasteiger partial charge in [-0.2, -0.15) is 0 Å². The van der Waals surface area contributed by atoms with Crippen LogP contribution in [-0.4, -0.2) is 146 Å². The highest BCUT2D eigenvalue weighted by molar-refractivity contribution is 5.94. The second kappa shape index (κ2) is 28.9. The number of hydrogen-bond donors (Lipinski definition) is 8. The van der Waals surface area contributed by atoms with Crippen molar-refractivity contribution < 1.29 is 79.9 Å². The van der Waals surface area contributed by atoms with E-state index in [1.807, 2.05) is 25.2 Å². The van der Waals surface area contributed by atoms with Crippen LogP contribution >= 0.6 is 0 Å².